The molecule has 1 atom stereocenters. The van der Waals surface area contributed by atoms with Crippen LogP contribution >= 0.6 is 11.6 Å². The maximum Gasteiger partial charge on any atom is 0.410 e. The molecule has 146 valence electrons. The molecule has 0 spiro atoms. The smallest absolute Gasteiger partial charge is 0.410 e. The Morgan fingerprint density at radius 2 is 1.85 bits per heavy atom. The average molecular weight is 395 g/mol. The number of amides is 1. The van der Waals surface area contributed by atoms with E-state index in [9.17, 15) is 14.7 Å². The molecule has 1 N–H and O–H groups in total. The van der Waals surface area contributed by atoms with E-state index < -0.39 is 29.1 Å². The topological polar surface area (TPSA) is 116 Å². The number of carbonyl (C=O) groups excluding carboxylic acids is 1. The van der Waals surface area contributed by atoms with Gasteiger partial charge in [0.2, 0.25) is 0 Å². The van der Waals surface area contributed by atoms with E-state index >= 15 is 0 Å². The monoisotopic (exact) mass is 394 g/mol. The lowest BCUT2D eigenvalue weighted by molar-refractivity contribution is -0.141. The first kappa shape index (κ1) is 20.9. The molecule has 0 saturated carbocycles. The van der Waals surface area contributed by atoms with E-state index in [0.29, 0.717) is 31.0 Å². The van der Waals surface area contributed by atoms with Crippen LogP contribution in [0.2, 0.25) is 5.02 Å². The minimum Gasteiger partial charge on any atom is -0.481 e. The van der Waals surface area contributed by atoms with Crippen molar-refractivity contribution in [1.82, 2.24) is 4.90 Å². The van der Waals surface area contributed by atoms with Crippen LogP contribution < -0.4 is 0 Å². The van der Waals surface area contributed by atoms with Crippen molar-refractivity contribution in [1.29, 1.82) is 0 Å². The normalized spacial score (nSPS) is 17.6. The fourth-order valence-corrected chi connectivity index (χ4v) is 3.49. The number of likely N-dealkylation sites (tertiary alicyclic amines) is 1. The highest BCUT2D eigenvalue weighted by Crippen LogP contribution is 2.41. The first-order valence-corrected chi connectivity index (χ1v) is 8.98. The number of ether oxygens (including phenoxy) is 1. The second-order valence-electron chi connectivity index (χ2n) is 7.58. The van der Waals surface area contributed by atoms with Gasteiger partial charge in [0, 0.05) is 28.4 Å². The fourth-order valence-electron chi connectivity index (χ4n) is 3.36. The first-order valence-electron chi connectivity index (χ1n) is 8.60. The van der Waals surface area contributed by atoms with Crippen LogP contribution in [0.1, 0.15) is 39.2 Å². The summed E-state index contributed by atoms with van der Waals surface area (Å²) in [7, 11) is 0. The molecular formula is C18H23ClN4O4. The zero-order valence-electron chi connectivity index (χ0n) is 15.6. The Morgan fingerprint density at radius 1 is 1.30 bits per heavy atom. The molecule has 0 radical (unpaired) electrons. The van der Waals surface area contributed by atoms with Gasteiger partial charge >= 0.3 is 12.1 Å². The Balaban J connectivity index is 2.34. The van der Waals surface area contributed by atoms with Crippen LogP contribution in [-0.2, 0) is 14.9 Å². The number of hydrogen-bond acceptors (Lipinski definition) is 4. The third-order valence-electron chi connectivity index (χ3n) is 4.65. The molecule has 2 rings (SSSR count). The molecule has 0 bridgehead atoms. The molecule has 0 aromatic heterocycles. The van der Waals surface area contributed by atoms with Crippen molar-refractivity contribution in [2.24, 2.45) is 5.11 Å². The summed E-state index contributed by atoms with van der Waals surface area (Å²) in [4.78, 5) is 28.5. The van der Waals surface area contributed by atoms with Crippen LogP contribution in [0.5, 0.6) is 0 Å². The fraction of sp³-hybridized carbons (Fsp3) is 0.556. The molecule has 1 aliphatic heterocycles. The van der Waals surface area contributed by atoms with Gasteiger partial charge in [0.15, 0.2) is 0 Å². The van der Waals surface area contributed by atoms with Gasteiger partial charge in [0.05, 0.1) is 0 Å². The molecule has 9 heteroatoms. The van der Waals surface area contributed by atoms with Gasteiger partial charge in [0.25, 0.3) is 0 Å². The summed E-state index contributed by atoms with van der Waals surface area (Å²) in [5, 5.41) is 13.8. The second-order valence-corrected chi connectivity index (χ2v) is 8.01. The first-order chi connectivity index (χ1) is 12.6. The number of carboxylic acid groups (broad SMARTS) is 1. The third kappa shape index (κ3) is 4.84. The van der Waals surface area contributed by atoms with Crippen LogP contribution in [0.3, 0.4) is 0 Å². The van der Waals surface area contributed by atoms with Gasteiger partial charge < -0.3 is 14.7 Å². The Kier molecular flexibility index (Phi) is 6.23. The highest BCUT2D eigenvalue weighted by Gasteiger charge is 2.47. The molecule has 1 unspecified atom stereocenters. The number of hydrogen-bond donors (Lipinski definition) is 1. The van der Waals surface area contributed by atoms with Gasteiger partial charge in [-0.25, -0.2) is 4.79 Å². The van der Waals surface area contributed by atoms with Gasteiger partial charge in [-0.15, -0.1) is 0 Å². The predicted molar refractivity (Wildman–Crippen MR) is 101 cm³/mol. The Bertz CT molecular complexity index is 744. The largest absolute Gasteiger partial charge is 0.481 e. The summed E-state index contributed by atoms with van der Waals surface area (Å²) < 4.78 is 5.39. The van der Waals surface area contributed by atoms with Gasteiger partial charge in [0.1, 0.15) is 11.6 Å². The quantitative estimate of drug-likeness (QED) is 0.463. The van der Waals surface area contributed by atoms with E-state index in [-0.39, 0.29) is 0 Å². The number of halogens is 1. The summed E-state index contributed by atoms with van der Waals surface area (Å²) in [6, 6.07) is 5.55. The molecular weight excluding hydrogens is 372 g/mol. The molecule has 1 heterocycles. The summed E-state index contributed by atoms with van der Waals surface area (Å²) in [5.41, 5.74) is 8.05. The molecule has 0 aliphatic carbocycles. The van der Waals surface area contributed by atoms with Gasteiger partial charge in [-0.3, -0.25) is 4.79 Å². The number of azide groups is 1. The van der Waals surface area contributed by atoms with E-state index in [2.05, 4.69) is 10.0 Å². The number of rotatable bonds is 4. The van der Waals surface area contributed by atoms with Crippen molar-refractivity contribution < 1.29 is 19.4 Å². The molecule has 1 saturated heterocycles. The van der Waals surface area contributed by atoms with E-state index in [4.69, 9.17) is 21.9 Å². The van der Waals surface area contributed by atoms with Gasteiger partial charge in [-0.2, -0.15) is 0 Å². The third-order valence-corrected chi connectivity index (χ3v) is 4.90. The summed E-state index contributed by atoms with van der Waals surface area (Å²) in [6.07, 6.45) is 0.205. The Labute approximate surface area is 162 Å². The Hall–Kier alpha value is -2.44. The number of carbonyl (C=O) groups is 2. The van der Waals surface area contributed by atoms with Crippen LogP contribution in [0.4, 0.5) is 4.79 Å². The lowest BCUT2D eigenvalue weighted by Crippen LogP contribution is -2.53. The SMILES string of the molecule is CC(C)(C)OC(=O)N1CCC(c2ccc(Cl)cc2)(C(N=[N+]=[N-])C(=O)O)CC1. The van der Waals surface area contributed by atoms with Crippen LogP contribution in [-0.4, -0.2) is 46.8 Å². The second kappa shape index (κ2) is 8.06. The maximum atomic E-state index is 12.3. The van der Waals surface area contributed by atoms with Crippen molar-refractivity contribution >= 4 is 23.7 Å². The molecule has 27 heavy (non-hydrogen) atoms. The van der Waals surface area contributed by atoms with Crippen molar-refractivity contribution in [3.63, 3.8) is 0 Å². The highest BCUT2D eigenvalue weighted by molar-refractivity contribution is 6.30. The minimum absolute atomic E-state index is 0.294. The van der Waals surface area contributed by atoms with Crippen molar-refractivity contribution in [2.45, 2.75) is 50.7 Å². The molecule has 1 aliphatic rings. The predicted octanol–water partition coefficient (Wildman–Crippen LogP) is 4.37. The van der Waals surface area contributed by atoms with E-state index in [1.807, 2.05) is 0 Å². The maximum absolute atomic E-state index is 12.3. The number of carboxylic acids is 1. The lowest BCUT2D eigenvalue weighted by atomic mass is 9.67. The molecule has 1 fully saturated rings. The lowest BCUT2D eigenvalue weighted by Gasteiger charge is -2.44. The van der Waals surface area contributed by atoms with Gasteiger partial charge in [-0.05, 0) is 56.8 Å². The highest BCUT2D eigenvalue weighted by atomic mass is 35.5. The molecule has 8 nitrogen and oxygen atoms in total. The number of benzene rings is 1. The molecule has 1 aromatic rings. The number of piperidine rings is 1. The van der Waals surface area contributed by atoms with Crippen LogP contribution in [0, 0.1) is 0 Å². The summed E-state index contributed by atoms with van der Waals surface area (Å²) in [6.45, 7) is 5.95. The number of nitrogens with zero attached hydrogens (tertiary/aromatic N) is 4. The number of aliphatic carboxylic acids is 1. The Morgan fingerprint density at radius 3 is 2.30 bits per heavy atom. The van der Waals surface area contributed by atoms with E-state index in [1.165, 1.54) is 0 Å². The minimum atomic E-state index is -1.29. The zero-order valence-corrected chi connectivity index (χ0v) is 16.3. The van der Waals surface area contributed by atoms with E-state index in [0.717, 1.165) is 5.56 Å². The molecule has 1 aromatic carbocycles. The zero-order chi connectivity index (χ0) is 20.2. The van der Waals surface area contributed by atoms with Gasteiger partial charge in [-0.1, -0.05) is 28.8 Å². The molecule has 1 amide bonds. The van der Waals surface area contributed by atoms with Crippen molar-refractivity contribution in [2.75, 3.05) is 13.1 Å². The summed E-state index contributed by atoms with van der Waals surface area (Å²) in [5.74, 6) is -1.20. The van der Waals surface area contributed by atoms with Crippen LogP contribution in [0.15, 0.2) is 29.4 Å². The van der Waals surface area contributed by atoms with Crippen molar-refractivity contribution in [3.05, 3.63) is 45.3 Å². The standard InChI is InChI=1S/C18H23ClN4O4/c1-17(2,3)27-16(26)23-10-8-18(9-11-23,14(15(24)25)21-22-20)12-4-6-13(19)7-5-12/h4-7,14H,8-11H2,1-3H3,(H,24,25). The van der Waals surface area contributed by atoms with E-state index in [1.54, 1.807) is 49.9 Å². The van der Waals surface area contributed by atoms with Crippen molar-refractivity contribution in [3.8, 4) is 0 Å². The van der Waals surface area contributed by atoms with Crippen LogP contribution in [0.25, 0.3) is 10.4 Å². The average Bonchev–Trinajstić information content (AvgIpc) is 2.58. The summed E-state index contributed by atoms with van der Waals surface area (Å²) >= 11 is 5.96.